The van der Waals surface area contributed by atoms with E-state index < -0.39 is 70.1 Å². The average Bonchev–Trinajstić information content (AvgIpc) is 3.60. The Kier molecular flexibility index (Phi) is 9.06. The third kappa shape index (κ3) is 5.76. The molecule has 16 heteroatoms. The zero-order valence-corrected chi connectivity index (χ0v) is 33.1. The fourth-order valence-corrected chi connectivity index (χ4v) is 12.9. The van der Waals surface area contributed by atoms with Crippen LogP contribution in [0.5, 0.6) is 11.5 Å². The summed E-state index contributed by atoms with van der Waals surface area (Å²) in [4.78, 5) is 53.3. The summed E-state index contributed by atoms with van der Waals surface area (Å²) in [6.45, 7) is 7.61. The molecule has 316 valence electrons. The first kappa shape index (κ1) is 39.8. The number of fused-ring (bicyclic) bond motifs is 2. The third-order valence-corrected chi connectivity index (χ3v) is 15.6. The van der Waals surface area contributed by atoms with Crippen LogP contribution in [0, 0.1) is 0 Å². The van der Waals surface area contributed by atoms with E-state index in [-0.39, 0.29) is 42.7 Å². The van der Waals surface area contributed by atoms with Crippen molar-refractivity contribution in [2.75, 3.05) is 26.2 Å². The number of aliphatic hydroxyl groups is 2. The number of likely N-dealkylation sites (tertiary alicyclic amines) is 2. The number of amides is 6. The van der Waals surface area contributed by atoms with E-state index in [1.54, 1.807) is 35.2 Å². The molecule has 8 aliphatic rings. The number of rotatable bonds is 5. The van der Waals surface area contributed by atoms with E-state index in [1.807, 2.05) is 13.0 Å². The quantitative estimate of drug-likeness (QED) is 0.164. The molecule has 4 aliphatic heterocycles. The molecule has 6 fully saturated rings. The van der Waals surface area contributed by atoms with E-state index >= 15 is 0 Å². The Morgan fingerprint density at radius 3 is 1.63 bits per heavy atom. The topological polar surface area (TPSA) is 204 Å². The van der Waals surface area contributed by atoms with Gasteiger partial charge >= 0.3 is 12.1 Å². The van der Waals surface area contributed by atoms with Crippen LogP contribution in [0.3, 0.4) is 0 Å². The average molecular weight is 819 g/mol. The summed E-state index contributed by atoms with van der Waals surface area (Å²) in [5, 5.41) is 54.9. The number of benzene rings is 2. The molecule has 2 spiro atoms. The highest BCUT2D eigenvalue weighted by molar-refractivity contribution is 6.08. The Morgan fingerprint density at radius 2 is 1.20 bits per heavy atom. The van der Waals surface area contributed by atoms with E-state index in [1.165, 1.54) is 0 Å². The van der Waals surface area contributed by atoms with E-state index in [4.69, 9.17) is 0 Å². The van der Waals surface area contributed by atoms with Crippen LogP contribution in [0.4, 0.5) is 18.4 Å². The van der Waals surface area contributed by atoms with Crippen molar-refractivity contribution in [3.63, 3.8) is 0 Å². The van der Waals surface area contributed by atoms with Gasteiger partial charge in [-0.15, -0.1) is 6.58 Å². The number of imide groups is 2. The van der Waals surface area contributed by atoms with Crippen molar-refractivity contribution in [3.8, 4) is 11.5 Å². The molecule has 8 atom stereocenters. The van der Waals surface area contributed by atoms with Crippen molar-refractivity contribution >= 4 is 23.9 Å². The molecule has 4 saturated heterocycles. The van der Waals surface area contributed by atoms with Crippen molar-refractivity contribution in [3.05, 3.63) is 70.8 Å². The Balaban J connectivity index is 0.000000152. The lowest BCUT2D eigenvalue weighted by atomic mass is 9.46. The molecule has 59 heavy (non-hydrogen) atoms. The van der Waals surface area contributed by atoms with Crippen LogP contribution >= 0.6 is 0 Å². The second-order valence-electron chi connectivity index (χ2n) is 18.6. The molecule has 0 unspecified atom stereocenters. The van der Waals surface area contributed by atoms with Gasteiger partial charge in [-0.05, 0) is 137 Å². The van der Waals surface area contributed by atoms with Crippen LogP contribution in [-0.2, 0) is 33.3 Å². The molecule has 2 aromatic rings. The minimum atomic E-state index is -2.51. The molecular formula is C43H52F2N6O8. The Hall–Kier alpha value is -4.64. The highest BCUT2D eigenvalue weighted by Gasteiger charge is 2.71. The van der Waals surface area contributed by atoms with Crippen molar-refractivity contribution < 1.29 is 48.4 Å². The number of hydrogen-bond donors (Lipinski definition) is 8. The van der Waals surface area contributed by atoms with Crippen molar-refractivity contribution in [1.82, 2.24) is 31.1 Å². The number of hydrogen-bond acceptors (Lipinski definition) is 10. The number of carbonyl (C=O) groups excluding carboxylic acids is 4. The summed E-state index contributed by atoms with van der Waals surface area (Å²) in [5.74, 6) is -0.517. The maximum atomic E-state index is 13.2. The summed E-state index contributed by atoms with van der Waals surface area (Å²) < 4.78 is 26.4. The predicted molar refractivity (Wildman–Crippen MR) is 209 cm³/mol. The molecule has 4 heterocycles. The second kappa shape index (κ2) is 13.4. The largest absolute Gasteiger partial charge is 0.508 e. The number of urea groups is 2. The number of phenolic OH excluding ortho intramolecular Hbond substituents is 2. The number of nitrogens with one attached hydrogen (secondary N) is 4. The van der Waals surface area contributed by atoms with Gasteiger partial charge in [-0.3, -0.25) is 30.0 Å². The molecular weight excluding hydrogens is 767 g/mol. The van der Waals surface area contributed by atoms with Gasteiger partial charge in [0.15, 0.2) is 0 Å². The Morgan fingerprint density at radius 1 is 0.746 bits per heavy atom. The van der Waals surface area contributed by atoms with Gasteiger partial charge in [-0.2, -0.15) is 0 Å². The molecule has 0 radical (unpaired) electrons. The first-order chi connectivity index (χ1) is 27.9. The number of alkyl halides is 2. The molecule has 8 N–H and O–H groups in total. The maximum absolute atomic E-state index is 13.2. The van der Waals surface area contributed by atoms with E-state index in [2.05, 4.69) is 32.7 Å². The Bertz CT molecular complexity index is 2170. The second-order valence-corrected chi connectivity index (χ2v) is 18.6. The van der Waals surface area contributed by atoms with E-state index in [0.29, 0.717) is 51.5 Å². The minimum Gasteiger partial charge on any atom is -0.508 e. The first-order valence-corrected chi connectivity index (χ1v) is 20.7. The molecule has 4 aliphatic carbocycles. The monoisotopic (exact) mass is 818 g/mol. The zero-order chi connectivity index (χ0) is 41.9. The number of phenols is 2. The normalized spacial score (nSPS) is 37.9. The van der Waals surface area contributed by atoms with Gasteiger partial charge in [0, 0.05) is 29.5 Å². The van der Waals surface area contributed by atoms with Gasteiger partial charge in [-0.1, -0.05) is 17.7 Å². The first-order valence-electron chi connectivity index (χ1n) is 20.7. The highest BCUT2D eigenvalue weighted by atomic mass is 19.3. The Labute approximate surface area is 340 Å². The van der Waals surface area contributed by atoms with Gasteiger partial charge in [0.05, 0.1) is 17.7 Å². The van der Waals surface area contributed by atoms with Gasteiger partial charge in [-0.25, -0.2) is 18.4 Å². The molecule has 14 nitrogen and oxygen atoms in total. The van der Waals surface area contributed by atoms with E-state index in [9.17, 15) is 48.4 Å². The summed E-state index contributed by atoms with van der Waals surface area (Å²) in [6.07, 6.45) is 2.25. The van der Waals surface area contributed by atoms with Crippen LogP contribution in [0.1, 0.15) is 87.0 Å². The SMILES string of the molecule is C=C(C)CCN1CC[C@]23C[C@]4(CC[C@@]2(O)[C@H]1Cc1ccc(O)cc13)NC(=O)NC4=O.O=C1NC(=O)[C@@]2(CC[C@@]3(O)[C@H]4Cc5ccc(O)cc5[C@@]3(CCN4CC(F)F)C2)N1. The predicted octanol–water partition coefficient (Wildman–Crippen LogP) is 2.74. The van der Waals surface area contributed by atoms with Gasteiger partial charge in [0.25, 0.3) is 18.2 Å². The van der Waals surface area contributed by atoms with Crippen LogP contribution in [0.25, 0.3) is 0 Å². The fourth-order valence-electron chi connectivity index (χ4n) is 12.9. The lowest BCUT2D eigenvalue weighted by Crippen LogP contribution is -2.76. The summed E-state index contributed by atoms with van der Waals surface area (Å²) in [5.41, 5.74) is -1.36. The van der Waals surface area contributed by atoms with Crippen LogP contribution < -0.4 is 21.3 Å². The van der Waals surface area contributed by atoms with Gasteiger partial charge in [0.2, 0.25) is 0 Å². The van der Waals surface area contributed by atoms with Crippen LogP contribution in [-0.4, -0.2) is 121 Å². The number of aromatic hydroxyl groups is 2. The minimum absolute atomic E-state index is 0.0495. The summed E-state index contributed by atoms with van der Waals surface area (Å²) in [6, 6.07) is 8.71. The molecule has 6 amide bonds. The maximum Gasteiger partial charge on any atom is 0.322 e. The molecule has 2 aromatic carbocycles. The lowest BCUT2D eigenvalue weighted by molar-refractivity contribution is -0.184. The lowest BCUT2D eigenvalue weighted by Gasteiger charge is -2.65. The van der Waals surface area contributed by atoms with Crippen molar-refractivity contribution in [1.29, 1.82) is 0 Å². The summed E-state index contributed by atoms with van der Waals surface area (Å²) >= 11 is 0. The van der Waals surface area contributed by atoms with Gasteiger partial charge in [0.1, 0.15) is 22.6 Å². The zero-order valence-electron chi connectivity index (χ0n) is 33.1. The molecule has 2 saturated carbocycles. The fraction of sp³-hybridized carbons (Fsp3) is 0.581. The smallest absolute Gasteiger partial charge is 0.322 e. The van der Waals surface area contributed by atoms with Crippen LogP contribution in [0.2, 0.25) is 0 Å². The van der Waals surface area contributed by atoms with Crippen LogP contribution in [0.15, 0.2) is 48.6 Å². The molecule has 0 aromatic heterocycles. The van der Waals surface area contributed by atoms with Crippen molar-refractivity contribution in [2.24, 2.45) is 0 Å². The highest BCUT2D eigenvalue weighted by Crippen LogP contribution is 2.62. The summed E-state index contributed by atoms with van der Waals surface area (Å²) in [7, 11) is 0. The van der Waals surface area contributed by atoms with Crippen molar-refractivity contribution in [2.45, 2.75) is 129 Å². The number of piperidine rings is 2. The molecule has 4 bridgehead atoms. The molecule has 10 rings (SSSR count). The van der Waals surface area contributed by atoms with E-state index in [0.717, 1.165) is 47.3 Å². The third-order valence-electron chi connectivity index (χ3n) is 15.6. The van der Waals surface area contributed by atoms with Gasteiger partial charge < -0.3 is 31.1 Å². The number of nitrogens with zero attached hydrogens (tertiary/aromatic N) is 2. The number of halogens is 2. The standard InChI is InChI=1S/C23H29N3O4.C20H23F2N3O4/c1-14(2)5-9-26-10-8-21-13-22(19(28)24-20(29)25-22)6-7-23(21,30)18(26)11-15-3-4-16(27)12-17(15)21;21-15(22)9-25-6-5-18-10-19(16(27)23-17(28)24-19)3-4-20(18,29)14(25)7-11-1-2-12(26)8-13(11)18/h3-4,12,18,27,30H,1,5-11,13H2,2H3,(H2,24,25,28,29);1-2,8,14-15,26,29H,3-7,9-10H2,(H2,23,24,27,28)/t18-,21-,22+,23-;14-,18-,19+,20-/m11/s1. The number of carbonyl (C=O) groups is 4.